The Labute approximate surface area is 329 Å². The Morgan fingerprint density at radius 1 is 0.472 bits per heavy atom. The summed E-state index contributed by atoms with van der Waals surface area (Å²) in [6.45, 7) is 5.17. The van der Waals surface area contributed by atoms with Crippen molar-refractivity contribution in [2.45, 2.75) is 200 Å². The lowest BCUT2D eigenvalue weighted by Crippen LogP contribution is -2.27. The topological polar surface area (TPSA) is 55.8 Å². The summed E-state index contributed by atoms with van der Waals surface area (Å²) in [5.41, 5.74) is 0. The summed E-state index contributed by atoms with van der Waals surface area (Å²) in [7, 11) is 0. The predicted octanol–water partition coefficient (Wildman–Crippen LogP) is 14.8. The second-order valence-electron chi connectivity index (χ2n) is 14.4. The van der Waals surface area contributed by atoms with Gasteiger partial charge >= 0.3 is 5.97 Å². The van der Waals surface area contributed by atoms with E-state index in [1.54, 1.807) is 0 Å². The zero-order valence-corrected chi connectivity index (χ0v) is 34.8. The average Bonchev–Trinajstić information content (AvgIpc) is 3.16. The van der Waals surface area contributed by atoms with E-state index < -0.39 is 6.10 Å². The molecule has 0 saturated heterocycles. The maximum absolute atomic E-state index is 12.2. The first-order chi connectivity index (χ1) is 26.2. The Hall–Kier alpha value is -2.43. The molecule has 4 nitrogen and oxygen atoms in total. The maximum Gasteiger partial charge on any atom is 0.306 e. The van der Waals surface area contributed by atoms with E-state index in [1.807, 2.05) is 0 Å². The van der Waals surface area contributed by atoms with E-state index in [-0.39, 0.29) is 19.2 Å². The first-order valence-corrected chi connectivity index (χ1v) is 22.2. The highest BCUT2D eigenvalue weighted by Crippen LogP contribution is 2.13. The normalized spacial score (nSPS) is 13.2. The lowest BCUT2D eigenvalue weighted by Gasteiger charge is -2.15. The third-order valence-electron chi connectivity index (χ3n) is 9.20. The first kappa shape index (κ1) is 50.6. The molecule has 0 aromatic heterocycles. The van der Waals surface area contributed by atoms with Gasteiger partial charge in [0.25, 0.3) is 0 Å². The van der Waals surface area contributed by atoms with Gasteiger partial charge < -0.3 is 14.6 Å². The van der Waals surface area contributed by atoms with Gasteiger partial charge in [-0.05, 0) is 89.9 Å². The molecule has 0 spiro atoms. The Morgan fingerprint density at radius 2 is 0.849 bits per heavy atom. The van der Waals surface area contributed by atoms with Gasteiger partial charge in [0.05, 0.1) is 13.2 Å². The summed E-state index contributed by atoms with van der Waals surface area (Å²) < 4.78 is 11.2. The molecule has 0 saturated carbocycles. The van der Waals surface area contributed by atoms with E-state index in [0.717, 1.165) is 70.6 Å². The van der Waals surface area contributed by atoms with Crippen LogP contribution in [0.5, 0.6) is 0 Å². The minimum absolute atomic E-state index is 0.184. The van der Waals surface area contributed by atoms with Crippen molar-refractivity contribution in [3.63, 3.8) is 0 Å². The molecule has 0 amide bonds. The zero-order valence-electron chi connectivity index (χ0n) is 34.8. The fraction of sp³-hybridized carbons (Fsp3) is 0.694. The smallest absolute Gasteiger partial charge is 0.306 e. The van der Waals surface area contributed by atoms with Crippen LogP contribution in [0.25, 0.3) is 0 Å². The summed E-state index contributed by atoms with van der Waals surface area (Å²) in [6.07, 6.45) is 63.5. The van der Waals surface area contributed by atoms with Gasteiger partial charge in [0.15, 0.2) is 0 Å². The summed E-state index contributed by atoms with van der Waals surface area (Å²) in [5.74, 6) is -0.218. The first-order valence-electron chi connectivity index (χ1n) is 22.2. The Morgan fingerprint density at radius 3 is 1.28 bits per heavy atom. The third-order valence-corrected chi connectivity index (χ3v) is 9.20. The van der Waals surface area contributed by atoms with Crippen LogP contribution in [0.1, 0.15) is 194 Å². The van der Waals surface area contributed by atoms with Crippen LogP contribution in [0.3, 0.4) is 0 Å². The fourth-order valence-corrected chi connectivity index (χ4v) is 5.91. The summed E-state index contributed by atoms with van der Waals surface area (Å²) in [4.78, 5) is 12.2. The standard InChI is InChI=1S/C49H84O4/c1-3-5-7-9-11-13-15-17-19-21-23-24-25-27-29-31-33-35-37-39-41-43-45-52-47-48(46-50)53-49(51)44-42-40-38-36-34-32-30-28-26-22-20-18-16-14-12-10-8-6-4-2/h5,7,11-14,17-20,23-24,26,28,48,50H,3-4,6,8-10,15-16,21-22,25,27,29-47H2,1-2H3/b7-5-,13-11-,14-12-,19-17-,20-18-,24-23-,28-26-. The fourth-order valence-electron chi connectivity index (χ4n) is 5.91. The van der Waals surface area contributed by atoms with Crippen LogP contribution in [-0.4, -0.2) is 37.0 Å². The second kappa shape index (κ2) is 45.7. The number of carbonyl (C=O) groups is 1. The van der Waals surface area contributed by atoms with Crippen molar-refractivity contribution in [2.24, 2.45) is 0 Å². The monoisotopic (exact) mass is 737 g/mol. The molecule has 304 valence electrons. The lowest BCUT2D eigenvalue weighted by atomic mass is 10.1. The van der Waals surface area contributed by atoms with Crippen LogP contribution in [-0.2, 0) is 14.3 Å². The van der Waals surface area contributed by atoms with Gasteiger partial charge in [-0.25, -0.2) is 0 Å². The molecule has 4 heteroatoms. The van der Waals surface area contributed by atoms with Crippen LogP contribution < -0.4 is 0 Å². The number of ether oxygens (including phenoxy) is 2. The van der Waals surface area contributed by atoms with Crippen LogP contribution in [0.15, 0.2) is 85.1 Å². The summed E-state index contributed by atoms with van der Waals surface area (Å²) in [6, 6.07) is 0. The highest BCUT2D eigenvalue weighted by molar-refractivity contribution is 5.69. The Balaban J connectivity index is 3.50. The molecule has 0 aliphatic rings. The van der Waals surface area contributed by atoms with Crippen LogP contribution in [0, 0.1) is 0 Å². The molecule has 0 aliphatic heterocycles. The van der Waals surface area contributed by atoms with Gasteiger partial charge in [-0.2, -0.15) is 0 Å². The minimum atomic E-state index is -0.550. The molecule has 0 aromatic carbocycles. The highest BCUT2D eigenvalue weighted by atomic mass is 16.6. The minimum Gasteiger partial charge on any atom is -0.457 e. The van der Waals surface area contributed by atoms with Crippen molar-refractivity contribution in [3.05, 3.63) is 85.1 Å². The van der Waals surface area contributed by atoms with Crippen molar-refractivity contribution in [1.29, 1.82) is 0 Å². The van der Waals surface area contributed by atoms with Crippen LogP contribution in [0.2, 0.25) is 0 Å². The number of rotatable bonds is 40. The van der Waals surface area contributed by atoms with E-state index in [4.69, 9.17) is 9.47 Å². The largest absolute Gasteiger partial charge is 0.457 e. The van der Waals surface area contributed by atoms with Crippen molar-refractivity contribution in [2.75, 3.05) is 19.8 Å². The van der Waals surface area contributed by atoms with Crippen molar-refractivity contribution < 1.29 is 19.4 Å². The van der Waals surface area contributed by atoms with Gasteiger partial charge in [-0.3, -0.25) is 4.79 Å². The average molecular weight is 737 g/mol. The van der Waals surface area contributed by atoms with Gasteiger partial charge in [-0.15, -0.1) is 0 Å². The van der Waals surface area contributed by atoms with Crippen molar-refractivity contribution in [3.8, 4) is 0 Å². The van der Waals surface area contributed by atoms with E-state index >= 15 is 0 Å². The van der Waals surface area contributed by atoms with Gasteiger partial charge in [0.2, 0.25) is 0 Å². The predicted molar refractivity (Wildman–Crippen MR) is 232 cm³/mol. The molecule has 0 heterocycles. The second-order valence-corrected chi connectivity index (χ2v) is 14.4. The quantitative estimate of drug-likeness (QED) is 0.0387. The molecule has 0 bridgehead atoms. The van der Waals surface area contributed by atoms with Crippen LogP contribution in [0.4, 0.5) is 0 Å². The van der Waals surface area contributed by atoms with Gasteiger partial charge in [0, 0.05) is 13.0 Å². The molecule has 1 N–H and O–H groups in total. The van der Waals surface area contributed by atoms with Gasteiger partial charge in [0.1, 0.15) is 6.10 Å². The third kappa shape index (κ3) is 43.9. The number of unbranched alkanes of at least 4 members (excludes halogenated alkanes) is 18. The molecule has 0 fully saturated rings. The molecular formula is C49H84O4. The summed E-state index contributed by atoms with van der Waals surface area (Å²) >= 11 is 0. The summed E-state index contributed by atoms with van der Waals surface area (Å²) in [5, 5.41) is 9.62. The molecular weight excluding hydrogens is 653 g/mol. The number of esters is 1. The number of allylic oxidation sites excluding steroid dienone is 14. The molecule has 53 heavy (non-hydrogen) atoms. The van der Waals surface area contributed by atoms with E-state index in [2.05, 4.69) is 98.9 Å². The van der Waals surface area contributed by atoms with Crippen molar-refractivity contribution in [1.82, 2.24) is 0 Å². The molecule has 0 aliphatic carbocycles. The van der Waals surface area contributed by atoms with Gasteiger partial charge in [-0.1, -0.05) is 182 Å². The molecule has 1 atom stereocenters. The number of aliphatic hydroxyl groups is 1. The number of carbonyl (C=O) groups excluding carboxylic acids is 1. The highest BCUT2D eigenvalue weighted by Gasteiger charge is 2.13. The molecule has 0 rings (SSSR count). The maximum atomic E-state index is 12.2. The molecule has 0 radical (unpaired) electrons. The SMILES string of the molecule is CC/C=C\C/C=C\C/C=C\C/C=C\CCCCCCCCCCCOCC(CO)OC(=O)CCCCCCCC/C=C\C/C=C\C/C=C\CCCCC. The molecule has 0 aromatic rings. The van der Waals surface area contributed by atoms with Crippen LogP contribution >= 0.6 is 0 Å². The van der Waals surface area contributed by atoms with E-state index in [1.165, 1.54) is 103 Å². The number of aliphatic hydroxyl groups excluding tert-OH is 1. The van der Waals surface area contributed by atoms with E-state index in [9.17, 15) is 9.90 Å². The molecule has 1 unspecified atom stereocenters. The number of hydrogen-bond acceptors (Lipinski definition) is 4. The Kier molecular flexibility index (Phi) is 43.6. The lowest BCUT2D eigenvalue weighted by molar-refractivity contribution is -0.154. The van der Waals surface area contributed by atoms with Crippen molar-refractivity contribution >= 4 is 5.97 Å². The number of hydrogen-bond donors (Lipinski definition) is 1. The zero-order chi connectivity index (χ0) is 38.4. The van der Waals surface area contributed by atoms with E-state index in [0.29, 0.717) is 13.0 Å². The Bertz CT molecular complexity index is 954.